The largest absolute Gasteiger partial charge is 0.462 e. The monoisotopic (exact) mass is 1130 g/mol. The van der Waals surface area contributed by atoms with E-state index in [1.807, 2.05) is 0 Å². The lowest BCUT2D eigenvalue weighted by Crippen LogP contribution is -2.30. The van der Waals surface area contributed by atoms with Crippen molar-refractivity contribution < 1.29 is 28.6 Å². The van der Waals surface area contributed by atoms with Crippen LogP contribution in [0.15, 0.2) is 97.2 Å². The molecule has 0 saturated heterocycles. The van der Waals surface area contributed by atoms with E-state index in [1.54, 1.807) is 0 Å². The van der Waals surface area contributed by atoms with Crippen molar-refractivity contribution in [3.05, 3.63) is 97.2 Å². The molecule has 0 saturated carbocycles. The maximum Gasteiger partial charge on any atom is 0.306 e. The topological polar surface area (TPSA) is 78.9 Å². The molecule has 0 fully saturated rings. The number of unbranched alkanes of at least 4 members (excludes halogenated alkanes) is 36. The maximum atomic E-state index is 12.9. The molecule has 0 N–H and O–H groups in total. The predicted octanol–water partition coefficient (Wildman–Crippen LogP) is 24.0. The van der Waals surface area contributed by atoms with Crippen molar-refractivity contribution in [3.63, 3.8) is 0 Å². The van der Waals surface area contributed by atoms with Crippen molar-refractivity contribution in [1.82, 2.24) is 0 Å². The van der Waals surface area contributed by atoms with Crippen molar-refractivity contribution in [2.24, 2.45) is 0 Å². The molecule has 1 atom stereocenters. The molecule has 0 rings (SSSR count). The van der Waals surface area contributed by atoms with E-state index in [2.05, 4.69) is 118 Å². The molecule has 81 heavy (non-hydrogen) atoms. The number of rotatable bonds is 63. The van der Waals surface area contributed by atoms with Crippen molar-refractivity contribution in [3.8, 4) is 0 Å². The van der Waals surface area contributed by atoms with Gasteiger partial charge in [0.15, 0.2) is 6.10 Å². The van der Waals surface area contributed by atoms with Crippen LogP contribution in [-0.2, 0) is 28.6 Å². The molecule has 0 radical (unpaired) electrons. The van der Waals surface area contributed by atoms with Crippen LogP contribution in [0, 0.1) is 0 Å². The van der Waals surface area contributed by atoms with Crippen molar-refractivity contribution in [1.29, 1.82) is 0 Å². The third-order valence-corrected chi connectivity index (χ3v) is 15.1. The molecule has 6 nitrogen and oxygen atoms in total. The molecule has 0 heterocycles. The van der Waals surface area contributed by atoms with Crippen LogP contribution in [-0.4, -0.2) is 37.2 Å². The van der Waals surface area contributed by atoms with Crippen LogP contribution >= 0.6 is 0 Å². The van der Waals surface area contributed by atoms with Gasteiger partial charge in [-0.05, 0) is 96.3 Å². The summed E-state index contributed by atoms with van der Waals surface area (Å²) in [5.74, 6) is -0.881. The highest BCUT2D eigenvalue weighted by Crippen LogP contribution is 2.18. The van der Waals surface area contributed by atoms with Gasteiger partial charge in [0.05, 0.1) is 0 Å². The van der Waals surface area contributed by atoms with Gasteiger partial charge in [-0.1, -0.05) is 323 Å². The van der Waals surface area contributed by atoms with Crippen molar-refractivity contribution in [2.45, 2.75) is 348 Å². The van der Waals surface area contributed by atoms with E-state index in [0.717, 1.165) is 128 Å². The average Bonchev–Trinajstić information content (AvgIpc) is 3.47. The first-order valence-electron chi connectivity index (χ1n) is 34.7. The van der Waals surface area contributed by atoms with Gasteiger partial charge in [0.2, 0.25) is 0 Å². The quantitative estimate of drug-likeness (QED) is 0.0261. The van der Waals surface area contributed by atoms with Crippen LogP contribution in [0.4, 0.5) is 0 Å². The summed E-state index contributed by atoms with van der Waals surface area (Å²) in [7, 11) is 0. The number of hydrogen-bond donors (Lipinski definition) is 0. The van der Waals surface area contributed by atoms with Gasteiger partial charge in [-0.15, -0.1) is 0 Å². The van der Waals surface area contributed by atoms with Crippen LogP contribution in [0.25, 0.3) is 0 Å². The molecule has 0 bridgehead atoms. The summed E-state index contributed by atoms with van der Waals surface area (Å²) in [6.45, 7) is 6.45. The third-order valence-electron chi connectivity index (χ3n) is 15.1. The molecule has 0 aromatic heterocycles. The van der Waals surface area contributed by atoms with Gasteiger partial charge < -0.3 is 14.2 Å². The van der Waals surface area contributed by atoms with Crippen LogP contribution in [0.2, 0.25) is 0 Å². The SMILES string of the molecule is CC/C=C\C/C=C\C/C=C\C/C=C\C/C=C\CCCCCCCCCCCCCCCC(=O)OCC(COC(=O)CCCCCCC/C=C\C/C=C\C/C=C\CC)OC(=O)CCCCCCCCCCCCCCCCCCCCC. The number of ether oxygens (including phenoxy) is 3. The second-order valence-electron chi connectivity index (χ2n) is 23.0. The maximum absolute atomic E-state index is 12.9. The molecule has 0 aliphatic rings. The predicted molar refractivity (Wildman–Crippen MR) is 353 cm³/mol. The van der Waals surface area contributed by atoms with Crippen LogP contribution in [0.5, 0.6) is 0 Å². The summed E-state index contributed by atoms with van der Waals surface area (Å²) in [4.78, 5) is 38.4. The Bertz CT molecular complexity index is 1580. The lowest BCUT2D eigenvalue weighted by atomic mass is 10.0. The minimum Gasteiger partial charge on any atom is -0.462 e. The zero-order valence-electron chi connectivity index (χ0n) is 53.5. The van der Waals surface area contributed by atoms with E-state index in [1.165, 1.54) is 173 Å². The molecular weight excluding hydrogens is 997 g/mol. The number of esters is 3. The van der Waals surface area contributed by atoms with Gasteiger partial charge in [-0.3, -0.25) is 14.4 Å². The zero-order chi connectivity index (χ0) is 58.5. The minimum absolute atomic E-state index is 0.0802. The number of carbonyl (C=O) groups is 3. The Morgan fingerprint density at radius 2 is 0.481 bits per heavy atom. The highest BCUT2D eigenvalue weighted by Gasteiger charge is 2.19. The Labute approximate surface area is 502 Å². The van der Waals surface area contributed by atoms with E-state index in [-0.39, 0.29) is 31.1 Å². The standard InChI is InChI=1S/C75H130O6/c1-4-7-10-13-16-19-22-25-28-30-32-33-34-35-36-37-38-39-40-41-43-44-47-50-53-56-59-62-65-68-74(77)80-71-72(70-79-73(76)67-64-61-58-55-52-49-46-27-24-21-18-15-12-9-6-3)81-75(78)69-66-63-60-57-54-51-48-45-42-31-29-26-23-20-17-14-11-8-5-2/h7,9-10,12,16,18-19,21,25,27-28,32-33,35-36,46,72H,4-6,8,11,13-15,17,20,22-24,26,29-31,34,37-45,47-71H2,1-3H3/b10-7-,12-9-,19-16-,21-18-,28-25-,33-32-,36-35-,46-27-. The molecule has 0 spiro atoms. The Balaban J connectivity index is 4.28. The first kappa shape index (κ1) is 77.3. The average molecular weight is 1130 g/mol. The van der Waals surface area contributed by atoms with Crippen LogP contribution < -0.4 is 0 Å². The number of carbonyl (C=O) groups excluding carboxylic acids is 3. The lowest BCUT2D eigenvalue weighted by Gasteiger charge is -2.18. The fourth-order valence-corrected chi connectivity index (χ4v) is 9.96. The molecule has 1 unspecified atom stereocenters. The van der Waals surface area contributed by atoms with Gasteiger partial charge in [-0.2, -0.15) is 0 Å². The van der Waals surface area contributed by atoms with E-state index in [0.29, 0.717) is 19.3 Å². The van der Waals surface area contributed by atoms with Gasteiger partial charge in [-0.25, -0.2) is 0 Å². The summed E-state index contributed by atoms with van der Waals surface area (Å²) in [5, 5.41) is 0. The molecule has 0 amide bonds. The van der Waals surface area contributed by atoms with Crippen LogP contribution in [0.1, 0.15) is 342 Å². The van der Waals surface area contributed by atoms with Gasteiger partial charge in [0, 0.05) is 19.3 Å². The number of allylic oxidation sites excluding steroid dienone is 16. The van der Waals surface area contributed by atoms with Crippen molar-refractivity contribution in [2.75, 3.05) is 13.2 Å². The molecular formula is C75H130O6. The smallest absolute Gasteiger partial charge is 0.306 e. The highest BCUT2D eigenvalue weighted by molar-refractivity contribution is 5.71. The lowest BCUT2D eigenvalue weighted by molar-refractivity contribution is -0.167. The summed E-state index contributed by atoms with van der Waals surface area (Å²) >= 11 is 0. The first-order chi connectivity index (χ1) is 40.0. The number of hydrogen-bond acceptors (Lipinski definition) is 6. The minimum atomic E-state index is -0.785. The second-order valence-corrected chi connectivity index (χ2v) is 23.0. The first-order valence-corrected chi connectivity index (χ1v) is 34.7. The van der Waals surface area contributed by atoms with Gasteiger partial charge in [0.1, 0.15) is 13.2 Å². The van der Waals surface area contributed by atoms with Crippen molar-refractivity contribution >= 4 is 17.9 Å². The summed E-state index contributed by atoms with van der Waals surface area (Å²) in [6, 6.07) is 0. The normalized spacial score (nSPS) is 12.7. The molecule has 0 aliphatic carbocycles. The Morgan fingerprint density at radius 3 is 0.753 bits per heavy atom. The fraction of sp³-hybridized carbons (Fsp3) is 0.747. The van der Waals surface area contributed by atoms with E-state index < -0.39 is 6.10 Å². The molecule has 0 aromatic carbocycles. The zero-order valence-corrected chi connectivity index (χ0v) is 53.5. The van der Waals surface area contributed by atoms with Gasteiger partial charge >= 0.3 is 17.9 Å². The highest BCUT2D eigenvalue weighted by atomic mass is 16.6. The fourth-order valence-electron chi connectivity index (χ4n) is 9.96. The Morgan fingerprint density at radius 1 is 0.259 bits per heavy atom. The van der Waals surface area contributed by atoms with E-state index in [4.69, 9.17) is 14.2 Å². The Hall–Kier alpha value is -3.67. The molecule has 466 valence electrons. The second kappa shape index (κ2) is 68.8. The third kappa shape index (κ3) is 67.0. The van der Waals surface area contributed by atoms with Crippen LogP contribution in [0.3, 0.4) is 0 Å². The van der Waals surface area contributed by atoms with E-state index >= 15 is 0 Å². The molecule has 6 heteroatoms. The molecule has 0 aliphatic heterocycles. The summed E-state index contributed by atoms with van der Waals surface area (Å²) < 4.78 is 17.0. The summed E-state index contributed by atoms with van der Waals surface area (Å²) in [5.41, 5.74) is 0. The Kier molecular flexibility index (Phi) is 65.7. The van der Waals surface area contributed by atoms with E-state index in [9.17, 15) is 14.4 Å². The molecule has 0 aromatic rings. The van der Waals surface area contributed by atoms with Gasteiger partial charge in [0.25, 0.3) is 0 Å². The summed E-state index contributed by atoms with van der Waals surface area (Å²) in [6.07, 6.45) is 92.9.